The van der Waals surface area contributed by atoms with Gasteiger partial charge < -0.3 is 0 Å². The monoisotopic (exact) mass is 1190 g/mol. The van der Waals surface area contributed by atoms with Crippen LogP contribution < -0.4 is 19.6 Å². The minimum absolute atomic E-state index is 0.759. The summed E-state index contributed by atoms with van der Waals surface area (Å²) in [7, 11) is 0. The number of aromatic nitrogens is 4. The zero-order valence-corrected chi connectivity index (χ0v) is 52.0. The number of anilines is 12. The first-order chi connectivity index (χ1) is 45.5. The van der Waals surface area contributed by atoms with Crippen molar-refractivity contribution in [3.63, 3.8) is 0 Å². The van der Waals surface area contributed by atoms with Crippen molar-refractivity contribution in [2.45, 2.75) is 53.4 Å². The molecule has 0 N–H and O–H groups in total. The molecule has 0 saturated heterocycles. The van der Waals surface area contributed by atoms with Crippen LogP contribution in [0.15, 0.2) is 279 Å². The maximum atomic E-state index is 5.72. The Hall–Kier alpha value is -11.5. The van der Waals surface area contributed by atoms with Crippen LogP contribution in [0.5, 0.6) is 0 Å². The van der Waals surface area contributed by atoms with Crippen LogP contribution in [0.2, 0.25) is 0 Å². The Kier molecular flexibility index (Phi) is 14.2. The Labute approximate surface area is 535 Å². The van der Waals surface area contributed by atoms with Gasteiger partial charge in [-0.2, -0.15) is 0 Å². The molecule has 0 bridgehead atoms. The number of para-hydroxylation sites is 8. The Balaban J connectivity index is 1.12. The zero-order chi connectivity index (χ0) is 61.8. The minimum atomic E-state index is 0.759. The van der Waals surface area contributed by atoms with Gasteiger partial charge in [0.1, 0.15) is 23.3 Å². The highest BCUT2D eigenvalue weighted by atomic mass is 15.2. The third-order valence-corrected chi connectivity index (χ3v) is 18.3. The molecule has 0 fully saturated rings. The molecule has 4 aromatic heterocycles. The first kappa shape index (κ1) is 55.8. The highest BCUT2D eigenvalue weighted by molar-refractivity contribution is 6.33. The molecule has 8 heteroatoms. The lowest BCUT2D eigenvalue weighted by atomic mass is 9.89. The van der Waals surface area contributed by atoms with Gasteiger partial charge in [-0.3, -0.25) is 19.6 Å². The fourth-order valence-electron chi connectivity index (χ4n) is 13.9. The number of hydrogen-bond acceptors (Lipinski definition) is 8. The Bertz CT molecular complexity index is 4760. The van der Waals surface area contributed by atoms with Gasteiger partial charge in [-0.15, -0.1) is 0 Å². The van der Waals surface area contributed by atoms with Crippen molar-refractivity contribution in [3.8, 4) is 0 Å². The van der Waals surface area contributed by atoms with Gasteiger partial charge >= 0.3 is 0 Å². The van der Waals surface area contributed by atoms with E-state index in [1.54, 1.807) is 0 Å². The second kappa shape index (κ2) is 23.5. The van der Waals surface area contributed by atoms with Gasteiger partial charge in [0.2, 0.25) is 0 Å². The molecule has 442 valence electrons. The van der Waals surface area contributed by atoms with Crippen molar-refractivity contribution in [2.24, 2.45) is 0 Å². The van der Waals surface area contributed by atoms with Crippen molar-refractivity contribution < 1.29 is 0 Å². The van der Waals surface area contributed by atoms with E-state index in [-0.39, 0.29) is 0 Å². The van der Waals surface area contributed by atoms with E-state index in [4.69, 9.17) is 19.9 Å². The summed E-state index contributed by atoms with van der Waals surface area (Å²) in [6.07, 6.45) is 3.03. The van der Waals surface area contributed by atoms with E-state index >= 15 is 0 Å². The van der Waals surface area contributed by atoms with E-state index < -0.39 is 0 Å². The van der Waals surface area contributed by atoms with Crippen molar-refractivity contribution in [3.05, 3.63) is 301 Å². The fraction of sp³-hybridized carbons (Fsp3) is 0.0952. The van der Waals surface area contributed by atoms with Crippen molar-refractivity contribution in [2.75, 3.05) is 19.6 Å². The average molecular weight is 1190 g/mol. The molecule has 8 nitrogen and oxygen atoms in total. The number of fused-ring (bicyclic) bond motifs is 4. The van der Waals surface area contributed by atoms with E-state index in [0.717, 1.165) is 193 Å². The molecular formula is C84H66N8. The van der Waals surface area contributed by atoms with Crippen LogP contribution in [0.25, 0.3) is 75.9 Å². The van der Waals surface area contributed by atoms with Gasteiger partial charge in [0, 0.05) is 76.6 Å². The summed E-state index contributed by atoms with van der Waals surface area (Å²) in [4.78, 5) is 32.6. The molecule has 0 radical (unpaired) electrons. The van der Waals surface area contributed by atoms with Crippen LogP contribution >= 0.6 is 0 Å². The van der Waals surface area contributed by atoms with Crippen LogP contribution in [0, 0.1) is 0 Å². The molecule has 16 rings (SSSR count). The number of nitrogens with zero attached hydrogens (tertiary/aromatic N) is 8. The molecule has 12 aromatic carbocycles. The second-order valence-electron chi connectivity index (χ2n) is 23.7. The highest BCUT2D eigenvalue weighted by Gasteiger charge is 2.32. The molecular weight excluding hydrogens is 1120 g/mol. The first-order valence-electron chi connectivity index (χ1n) is 32.2. The van der Waals surface area contributed by atoms with Crippen LogP contribution in [0.4, 0.5) is 68.8 Å². The van der Waals surface area contributed by atoms with Gasteiger partial charge in [-0.05, 0) is 157 Å². The topological polar surface area (TPSA) is 64.5 Å². The third-order valence-electron chi connectivity index (χ3n) is 18.3. The molecule has 0 amide bonds. The standard InChI is InChI=1S/C84H66N8/c1-5-55-49-59-29-21-25-41-71(59)85-81(55)89(63-33-13-9-14-34-63)75-53-76(90(64-35-15-10-16-36-64)82-56(6-2)50-60-30-22-26-42-72(60)86-82)68-47-48-70-78(92(66-39-19-12-20-40-66)84-58(8-4)52-62-32-24-28-44-74(62)88-84)54-77(69-46-45-67(75)79(68)80(69)70)91(65-37-17-11-18-38-65)83-57(7-3)51-61-31-23-27-43-73(61)87-83/h9-54H,5-8H2,1-4H3. The van der Waals surface area contributed by atoms with Gasteiger partial charge in [-0.1, -0.05) is 198 Å². The number of aryl methyl sites for hydroxylation is 4. The van der Waals surface area contributed by atoms with Gasteiger partial charge in [0.15, 0.2) is 0 Å². The summed E-state index contributed by atoms with van der Waals surface area (Å²) in [5.41, 5.74) is 16.1. The van der Waals surface area contributed by atoms with Crippen LogP contribution in [-0.2, 0) is 25.7 Å². The summed E-state index contributed by atoms with van der Waals surface area (Å²) < 4.78 is 0. The number of rotatable bonds is 16. The summed E-state index contributed by atoms with van der Waals surface area (Å²) in [6, 6.07) is 101. The van der Waals surface area contributed by atoms with Crippen LogP contribution in [0.3, 0.4) is 0 Å². The maximum Gasteiger partial charge on any atom is 0.141 e. The lowest BCUT2D eigenvalue weighted by molar-refractivity contribution is 1.08. The Morgan fingerprint density at radius 1 is 0.228 bits per heavy atom. The largest absolute Gasteiger partial charge is 0.294 e. The second-order valence-corrected chi connectivity index (χ2v) is 23.7. The van der Waals surface area contributed by atoms with E-state index in [9.17, 15) is 0 Å². The number of pyridine rings is 4. The fourth-order valence-corrected chi connectivity index (χ4v) is 13.9. The van der Waals surface area contributed by atoms with Crippen molar-refractivity contribution in [1.82, 2.24) is 19.9 Å². The quantitative estimate of drug-likeness (QED) is 0.0887. The third kappa shape index (κ3) is 9.53. The first-order valence-corrected chi connectivity index (χ1v) is 32.2. The molecule has 16 aromatic rings. The number of benzene rings is 12. The number of hydrogen-bond donors (Lipinski definition) is 0. The SMILES string of the molecule is CCc1cc2ccccc2nc1N(c1ccccc1)c1cc(N(c2ccccc2)c2nc3ccccc3cc2CC)c2ccc3c(N(c4ccccc4)c4nc5ccccc5cc4CC)cc(N(c4ccccc4)c4nc5ccccc5cc4CC)c4ccc1c2c43. The molecule has 0 saturated carbocycles. The lowest BCUT2D eigenvalue weighted by Gasteiger charge is -2.35. The molecule has 92 heavy (non-hydrogen) atoms. The minimum Gasteiger partial charge on any atom is -0.294 e. The maximum absolute atomic E-state index is 5.72. The summed E-state index contributed by atoms with van der Waals surface area (Å²) in [5.74, 6) is 3.49. The predicted molar refractivity (Wildman–Crippen MR) is 388 cm³/mol. The molecule has 0 aliphatic carbocycles. The lowest BCUT2D eigenvalue weighted by Crippen LogP contribution is -2.19. The average Bonchev–Trinajstić information content (AvgIpc) is 0.703. The molecule has 0 aliphatic rings. The predicted octanol–water partition coefficient (Wildman–Crippen LogP) is 22.9. The molecule has 0 aliphatic heterocycles. The summed E-state index contributed by atoms with van der Waals surface area (Å²) in [5, 5.41) is 10.9. The van der Waals surface area contributed by atoms with E-state index in [2.05, 4.69) is 326 Å². The van der Waals surface area contributed by atoms with Gasteiger partial charge in [0.25, 0.3) is 0 Å². The summed E-state index contributed by atoms with van der Waals surface area (Å²) >= 11 is 0. The molecule has 4 heterocycles. The van der Waals surface area contributed by atoms with Gasteiger partial charge in [0.05, 0.1) is 44.8 Å². The smallest absolute Gasteiger partial charge is 0.141 e. The van der Waals surface area contributed by atoms with E-state index in [1.807, 2.05) is 0 Å². The van der Waals surface area contributed by atoms with E-state index in [0.29, 0.717) is 0 Å². The van der Waals surface area contributed by atoms with Crippen molar-refractivity contribution in [1.29, 1.82) is 0 Å². The molecule has 0 spiro atoms. The molecule has 0 unspecified atom stereocenters. The summed E-state index contributed by atoms with van der Waals surface area (Å²) in [6.45, 7) is 8.97. The normalized spacial score (nSPS) is 11.7. The Morgan fingerprint density at radius 3 is 0.652 bits per heavy atom. The van der Waals surface area contributed by atoms with E-state index in [1.165, 1.54) is 0 Å². The van der Waals surface area contributed by atoms with Gasteiger partial charge in [-0.25, -0.2) is 19.9 Å². The van der Waals surface area contributed by atoms with Crippen LogP contribution in [0.1, 0.15) is 49.9 Å². The van der Waals surface area contributed by atoms with Crippen molar-refractivity contribution >= 4 is 145 Å². The zero-order valence-electron chi connectivity index (χ0n) is 52.0. The highest BCUT2D eigenvalue weighted by Crippen LogP contribution is 2.56. The molecule has 0 atom stereocenters. The van der Waals surface area contributed by atoms with Crippen LogP contribution in [-0.4, -0.2) is 19.9 Å². The Morgan fingerprint density at radius 2 is 0.435 bits per heavy atom.